The topological polar surface area (TPSA) is 84.5 Å². The number of benzene rings is 1. The van der Waals surface area contributed by atoms with Crippen LogP contribution in [0.25, 0.3) is 20.8 Å². The highest BCUT2D eigenvalue weighted by Crippen LogP contribution is 2.33. The maximum atomic E-state index is 5.79. The summed E-state index contributed by atoms with van der Waals surface area (Å²) in [4.78, 5) is 16.9. The summed E-state index contributed by atoms with van der Waals surface area (Å²) in [5.41, 5.74) is 3.42. The van der Waals surface area contributed by atoms with E-state index in [2.05, 4.69) is 50.3 Å². The lowest BCUT2D eigenvalue weighted by Crippen LogP contribution is -2.47. The van der Waals surface area contributed by atoms with E-state index in [0.717, 1.165) is 80.9 Å². The predicted molar refractivity (Wildman–Crippen MR) is 170 cm³/mol. The number of piperazine rings is 1. The molecular formula is C31H46N6O4S. The van der Waals surface area contributed by atoms with E-state index in [1.807, 2.05) is 13.2 Å². The molecule has 1 aromatic carbocycles. The number of hydrogen-bond acceptors (Lipinski definition) is 11. The van der Waals surface area contributed by atoms with Crippen LogP contribution in [0.2, 0.25) is 0 Å². The number of thiazole rings is 1. The molecule has 4 heterocycles. The van der Waals surface area contributed by atoms with Crippen LogP contribution in [0.3, 0.4) is 0 Å². The molecule has 0 radical (unpaired) electrons. The van der Waals surface area contributed by atoms with Crippen molar-refractivity contribution in [3.8, 4) is 10.6 Å². The number of nitrogens with one attached hydrogen (secondary N) is 1. The first kappa shape index (κ1) is 31.1. The van der Waals surface area contributed by atoms with E-state index < -0.39 is 0 Å². The molecule has 0 saturated carbocycles. The molecule has 5 rings (SSSR count). The number of anilines is 2. The molecule has 0 amide bonds. The van der Waals surface area contributed by atoms with Crippen molar-refractivity contribution < 1.29 is 18.9 Å². The second-order valence-corrected chi connectivity index (χ2v) is 11.7. The van der Waals surface area contributed by atoms with Crippen molar-refractivity contribution in [2.75, 3.05) is 122 Å². The molecule has 2 aromatic heterocycles. The van der Waals surface area contributed by atoms with Gasteiger partial charge in [-0.1, -0.05) is 0 Å². The zero-order valence-corrected chi connectivity index (χ0v) is 25.8. The number of ether oxygens (including phenoxy) is 4. The molecule has 1 N–H and O–H groups in total. The lowest BCUT2D eigenvalue weighted by Gasteiger charge is -2.36. The Hall–Kier alpha value is -2.38. The van der Waals surface area contributed by atoms with Crippen molar-refractivity contribution in [2.24, 2.45) is 0 Å². The molecule has 11 heteroatoms. The van der Waals surface area contributed by atoms with Gasteiger partial charge in [-0.3, -0.25) is 4.90 Å². The molecule has 0 aliphatic carbocycles. The molecular weight excluding hydrogens is 552 g/mol. The van der Waals surface area contributed by atoms with Gasteiger partial charge in [0.1, 0.15) is 10.8 Å². The molecule has 0 unspecified atom stereocenters. The Morgan fingerprint density at radius 3 is 2.12 bits per heavy atom. The van der Waals surface area contributed by atoms with Crippen LogP contribution in [-0.4, -0.2) is 127 Å². The highest BCUT2D eigenvalue weighted by Gasteiger charge is 2.18. The molecule has 0 atom stereocenters. The van der Waals surface area contributed by atoms with Gasteiger partial charge >= 0.3 is 0 Å². The fourth-order valence-electron chi connectivity index (χ4n) is 5.24. The summed E-state index contributed by atoms with van der Waals surface area (Å²) in [6, 6.07) is 11.0. The largest absolute Gasteiger partial charge is 0.378 e. The van der Waals surface area contributed by atoms with Gasteiger partial charge in [0, 0.05) is 69.8 Å². The van der Waals surface area contributed by atoms with Crippen molar-refractivity contribution in [2.45, 2.75) is 12.8 Å². The first-order chi connectivity index (χ1) is 20.8. The van der Waals surface area contributed by atoms with Crippen LogP contribution in [-0.2, 0) is 18.9 Å². The Bertz CT molecular complexity index is 1180. The minimum atomic E-state index is 0.583. The molecule has 10 nitrogen and oxygen atoms in total. The van der Waals surface area contributed by atoms with Gasteiger partial charge in [0.25, 0.3) is 0 Å². The van der Waals surface area contributed by atoms with Gasteiger partial charge in [-0.15, -0.1) is 11.3 Å². The Balaban J connectivity index is 0.953. The average molecular weight is 599 g/mol. The molecule has 42 heavy (non-hydrogen) atoms. The first-order valence-corrected chi connectivity index (χ1v) is 16.2. The Morgan fingerprint density at radius 1 is 0.762 bits per heavy atom. The van der Waals surface area contributed by atoms with E-state index in [0.29, 0.717) is 46.2 Å². The van der Waals surface area contributed by atoms with Crippen molar-refractivity contribution in [1.82, 2.24) is 20.2 Å². The minimum absolute atomic E-state index is 0.583. The lowest BCUT2D eigenvalue weighted by atomic mass is 10.2. The SMILES string of the molecule is CNCCOCCOCCOCCOCCN1CCN(c2ccc3nc(-c4ccc(N5CCCC5)nc4)sc3c2)CC1. The highest BCUT2D eigenvalue weighted by molar-refractivity contribution is 7.21. The zero-order valence-electron chi connectivity index (χ0n) is 25.0. The second-order valence-electron chi connectivity index (χ2n) is 10.7. The quantitative estimate of drug-likeness (QED) is 0.220. The maximum absolute atomic E-state index is 5.79. The molecule has 2 fully saturated rings. The highest BCUT2D eigenvalue weighted by atomic mass is 32.1. The third-order valence-electron chi connectivity index (χ3n) is 7.70. The number of rotatable bonds is 18. The summed E-state index contributed by atoms with van der Waals surface area (Å²) in [6.45, 7) is 13.2. The Labute approximate surface area is 253 Å². The van der Waals surface area contributed by atoms with Gasteiger partial charge in [0.05, 0.1) is 63.1 Å². The number of aromatic nitrogens is 2. The van der Waals surface area contributed by atoms with E-state index in [1.54, 1.807) is 11.3 Å². The van der Waals surface area contributed by atoms with Gasteiger partial charge < -0.3 is 34.1 Å². The van der Waals surface area contributed by atoms with Crippen LogP contribution in [0.5, 0.6) is 0 Å². The van der Waals surface area contributed by atoms with E-state index in [-0.39, 0.29) is 0 Å². The molecule has 230 valence electrons. The van der Waals surface area contributed by atoms with Gasteiger partial charge in [-0.05, 0) is 50.2 Å². The van der Waals surface area contributed by atoms with Crippen LogP contribution in [0.4, 0.5) is 11.5 Å². The number of likely N-dealkylation sites (N-methyl/N-ethyl adjacent to an activating group) is 1. The van der Waals surface area contributed by atoms with Crippen molar-refractivity contribution in [3.63, 3.8) is 0 Å². The average Bonchev–Trinajstić information content (AvgIpc) is 3.72. The fourth-order valence-corrected chi connectivity index (χ4v) is 6.23. The van der Waals surface area contributed by atoms with Gasteiger partial charge in [0.2, 0.25) is 0 Å². The van der Waals surface area contributed by atoms with Crippen molar-refractivity contribution in [1.29, 1.82) is 0 Å². The van der Waals surface area contributed by atoms with Gasteiger partial charge in [-0.25, -0.2) is 9.97 Å². The smallest absolute Gasteiger partial charge is 0.128 e. The summed E-state index contributed by atoms with van der Waals surface area (Å²) < 4.78 is 23.5. The second kappa shape index (κ2) is 17.0. The summed E-state index contributed by atoms with van der Waals surface area (Å²) >= 11 is 1.75. The Morgan fingerprint density at radius 2 is 1.45 bits per heavy atom. The normalized spacial score (nSPS) is 16.2. The summed E-state index contributed by atoms with van der Waals surface area (Å²) in [7, 11) is 1.91. The van der Waals surface area contributed by atoms with Crippen LogP contribution in [0.1, 0.15) is 12.8 Å². The van der Waals surface area contributed by atoms with Crippen molar-refractivity contribution in [3.05, 3.63) is 36.5 Å². The van der Waals surface area contributed by atoms with Crippen LogP contribution in [0, 0.1) is 0 Å². The van der Waals surface area contributed by atoms with Crippen molar-refractivity contribution >= 4 is 33.1 Å². The van der Waals surface area contributed by atoms with Crippen LogP contribution >= 0.6 is 11.3 Å². The third kappa shape index (κ3) is 9.31. The van der Waals surface area contributed by atoms with E-state index in [4.69, 9.17) is 28.9 Å². The third-order valence-corrected chi connectivity index (χ3v) is 8.77. The molecule has 2 aliphatic heterocycles. The minimum Gasteiger partial charge on any atom is -0.378 e. The summed E-state index contributed by atoms with van der Waals surface area (Å²) in [5, 5.41) is 4.08. The summed E-state index contributed by atoms with van der Waals surface area (Å²) in [6.07, 6.45) is 4.50. The van der Waals surface area contributed by atoms with Gasteiger partial charge in [0.15, 0.2) is 0 Å². The first-order valence-electron chi connectivity index (χ1n) is 15.3. The van der Waals surface area contributed by atoms with E-state index in [9.17, 15) is 0 Å². The predicted octanol–water partition coefficient (Wildman–Crippen LogP) is 3.37. The number of nitrogens with zero attached hydrogens (tertiary/aromatic N) is 5. The number of fused-ring (bicyclic) bond motifs is 1. The van der Waals surface area contributed by atoms with E-state index >= 15 is 0 Å². The maximum Gasteiger partial charge on any atom is 0.128 e. The monoisotopic (exact) mass is 598 g/mol. The van der Waals surface area contributed by atoms with Crippen LogP contribution < -0.4 is 15.1 Å². The number of hydrogen-bond donors (Lipinski definition) is 1. The lowest BCUT2D eigenvalue weighted by molar-refractivity contribution is -0.00356. The Kier molecular flexibility index (Phi) is 12.6. The summed E-state index contributed by atoms with van der Waals surface area (Å²) in [5.74, 6) is 1.08. The molecule has 2 aliphatic rings. The standard InChI is InChI=1S/C31H46N6O4S/c1-32-8-16-38-18-20-40-22-23-41-21-19-39-17-15-35-11-13-36(14-12-35)27-5-6-28-29(24-27)42-31(34-28)26-4-7-30(33-25-26)37-9-2-3-10-37/h4-7,24-25,32H,2-3,8-23H2,1H3. The fraction of sp³-hybridized carbons (Fsp3) is 0.613. The number of pyridine rings is 1. The molecule has 0 spiro atoms. The molecule has 2 saturated heterocycles. The van der Waals surface area contributed by atoms with E-state index in [1.165, 1.54) is 23.2 Å². The van der Waals surface area contributed by atoms with Gasteiger partial charge in [-0.2, -0.15) is 0 Å². The van der Waals surface area contributed by atoms with Crippen LogP contribution in [0.15, 0.2) is 36.5 Å². The molecule has 0 bridgehead atoms. The zero-order chi connectivity index (χ0) is 28.8. The molecule has 3 aromatic rings.